The van der Waals surface area contributed by atoms with E-state index in [-0.39, 0.29) is 9.90 Å². The van der Waals surface area contributed by atoms with Crippen molar-refractivity contribution >= 4 is 38.6 Å². The minimum atomic E-state index is -3.70. The van der Waals surface area contributed by atoms with Crippen molar-refractivity contribution in [3.8, 4) is 5.75 Å². The summed E-state index contributed by atoms with van der Waals surface area (Å²) in [4.78, 5) is 0.840. The molecule has 1 aromatic carbocycles. The lowest BCUT2D eigenvalue weighted by Crippen LogP contribution is -2.11. The molecule has 2 rings (SSSR count). The molecular weight excluding hydrogens is 332 g/mol. The number of anilines is 1. The van der Waals surface area contributed by atoms with Crippen LogP contribution in [0.4, 0.5) is 5.69 Å². The molecule has 0 atom stereocenters. The minimum absolute atomic E-state index is 0.208. The Kier molecular flexibility index (Phi) is 4.77. The predicted octanol–water partition coefficient (Wildman–Crippen LogP) is 2.98. The fourth-order valence-electron chi connectivity index (χ4n) is 1.73. The Morgan fingerprint density at radius 1 is 1.38 bits per heavy atom. The minimum Gasteiger partial charge on any atom is -0.497 e. The number of hydrogen-bond donors (Lipinski definition) is 2. The Morgan fingerprint density at radius 3 is 2.67 bits per heavy atom. The maximum absolute atomic E-state index is 12.4. The Hall–Kier alpha value is -1.28. The second-order valence-electron chi connectivity index (χ2n) is 4.33. The molecule has 0 radical (unpaired) electrons. The topological polar surface area (TPSA) is 81.4 Å². The van der Waals surface area contributed by atoms with Crippen molar-refractivity contribution in [1.82, 2.24) is 0 Å². The van der Waals surface area contributed by atoms with Gasteiger partial charge in [0.05, 0.1) is 17.8 Å². The first kappa shape index (κ1) is 16.1. The number of nitrogens with two attached hydrogens (primary N) is 1. The Morgan fingerprint density at radius 2 is 2.10 bits per heavy atom. The summed E-state index contributed by atoms with van der Waals surface area (Å²) in [5.41, 5.74) is 6.71. The Balaban J connectivity index is 2.37. The largest absolute Gasteiger partial charge is 0.497 e. The predicted molar refractivity (Wildman–Crippen MR) is 85.8 cm³/mol. The highest BCUT2D eigenvalue weighted by Crippen LogP contribution is 2.31. The number of benzene rings is 1. The molecule has 0 saturated carbocycles. The van der Waals surface area contributed by atoms with Crippen LogP contribution in [0.3, 0.4) is 0 Å². The zero-order valence-electron chi connectivity index (χ0n) is 11.5. The van der Waals surface area contributed by atoms with Crippen molar-refractivity contribution in [3.05, 3.63) is 39.7 Å². The first-order chi connectivity index (χ1) is 9.87. The third kappa shape index (κ3) is 3.49. The SMILES string of the molecule is COc1ccc(Cl)c(NS(=O)(=O)c2cc(C)c(CN)s2)c1. The van der Waals surface area contributed by atoms with E-state index in [9.17, 15) is 8.42 Å². The Bertz CT molecular complexity index is 757. The summed E-state index contributed by atoms with van der Waals surface area (Å²) in [7, 11) is -2.20. The van der Waals surface area contributed by atoms with E-state index in [1.165, 1.54) is 13.2 Å². The standard InChI is InChI=1S/C13H15ClN2O3S2/c1-8-5-13(20-12(8)7-15)21(17,18)16-11-6-9(19-2)3-4-10(11)14/h3-6,16H,7,15H2,1-2H3. The van der Waals surface area contributed by atoms with Gasteiger partial charge in [-0.25, -0.2) is 8.42 Å². The highest BCUT2D eigenvalue weighted by molar-refractivity contribution is 7.94. The van der Waals surface area contributed by atoms with E-state index in [1.54, 1.807) is 18.2 Å². The van der Waals surface area contributed by atoms with Gasteiger partial charge in [-0.05, 0) is 30.7 Å². The summed E-state index contributed by atoms with van der Waals surface area (Å²) in [6.45, 7) is 2.14. The summed E-state index contributed by atoms with van der Waals surface area (Å²) in [5, 5.41) is 0.298. The number of hydrogen-bond acceptors (Lipinski definition) is 5. The number of thiophene rings is 1. The highest BCUT2D eigenvalue weighted by atomic mass is 35.5. The van der Waals surface area contributed by atoms with E-state index in [0.717, 1.165) is 21.8 Å². The summed E-state index contributed by atoms with van der Waals surface area (Å²) >= 11 is 7.16. The lowest BCUT2D eigenvalue weighted by molar-refractivity contribution is 0.415. The summed E-state index contributed by atoms with van der Waals surface area (Å²) in [6.07, 6.45) is 0. The average molecular weight is 347 g/mol. The van der Waals surface area contributed by atoms with Crippen molar-refractivity contribution < 1.29 is 13.2 Å². The summed E-state index contributed by atoms with van der Waals surface area (Å²) in [5.74, 6) is 0.516. The maximum atomic E-state index is 12.4. The van der Waals surface area contributed by atoms with Gasteiger partial charge in [0.1, 0.15) is 9.96 Å². The molecule has 0 saturated heterocycles. The second-order valence-corrected chi connectivity index (χ2v) is 7.78. The smallest absolute Gasteiger partial charge is 0.271 e. The highest BCUT2D eigenvalue weighted by Gasteiger charge is 2.20. The fraction of sp³-hybridized carbons (Fsp3) is 0.231. The van der Waals surface area contributed by atoms with E-state index >= 15 is 0 Å². The van der Waals surface area contributed by atoms with Crippen LogP contribution in [0.15, 0.2) is 28.5 Å². The van der Waals surface area contributed by atoms with Crippen LogP contribution in [0.1, 0.15) is 10.4 Å². The first-order valence-electron chi connectivity index (χ1n) is 6.03. The van der Waals surface area contributed by atoms with Crippen molar-refractivity contribution in [1.29, 1.82) is 0 Å². The molecule has 0 aliphatic carbocycles. The molecule has 2 aromatic rings. The van der Waals surface area contributed by atoms with E-state index < -0.39 is 10.0 Å². The molecular formula is C13H15ClN2O3S2. The van der Waals surface area contributed by atoms with Gasteiger partial charge in [0.2, 0.25) is 0 Å². The fourth-order valence-corrected chi connectivity index (χ4v) is 4.49. The quantitative estimate of drug-likeness (QED) is 0.872. The Labute approximate surface area is 132 Å². The summed E-state index contributed by atoms with van der Waals surface area (Å²) < 4.78 is 32.5. The van der Waals surface area contributed by atoms with Crippen LogP contribution in [0.5, 0.6) is 5.75 Å². The molecule has 0 aliphatic rings. The van der Waals surface area contributed by atoms with Gasteiger partial charge in [-0.2, -0.15) is 0 Å². The molecule has 5 nitrogen and oxygen atoms in total. The van der Waals surface area contributed by atoms with Crippen molar-refractivity contribution in [2.45, 2.75) is 17.7 Å². The molecule has 0 bridgehead atoms. The van der Waals surface area contributed by atoms with Crippen LogP contribution < -0.4 is 15.2 Å². The van der Waals surface area contributed by atoms with Crippen LogP contribution in [-0.4, -0.2) is 15.5 Å². The second kappa shape index (κ2) is 6.23. The molecule has 0 unspecified atom stereocenters. The van der Waals surface area contributed by atoms with Crippen molar-refractivity contribution in [2.75, 3.05) is 11.8 Å². The normalized spacial score (nSPS) is 11.4. The van der Waals surface area contributed by atoms with Gasteiger partial charge >= 0.3 is 0 Å². The third-order valence-electron chi connectivity index (χ3n) is 2.87. The number of aryl methyl sites for hydroxylation is 1. The van der Waals surface area contributed by atoms with Gasteiger partial charge in [0.25, 0.3) is 10.0 Å². The van der Waals surface area contributed by atoms with Crippen molar-refractivity contribution in [3.63, 3.8) is 0 Å². The van der Waals surface area contributed by atoms with Crippen molar-refractivity contribution in [2.24, 2.45) is 5.73 Å². The molecule has 0 spiro atoms. The van der Waals surface area contributed by atoms with Gasteiger partial charge in [0.15, 0.2) is 0 Å². The lowest BCUT2D eigenvalue weighted by Gasteiger charge is -2.09. The number of nitrogens with one attached hydrogen (secondary N) is 1. The molecule has 0 fully saturated rings. The molecule has 114 valence electrons. The van der Waals surface area contributed by atoms with Gasteiger partial charge in [-0.1, -0.05) is 11.6 Å². The average Bonchev–Trinajstić information content (AvgIpc) is 2.83. The number of sulfonamides is 1. The molecule has 8 heteroatoms. The molecule has 3 N–H and O–H groups in total. The van der Waals surface area contributed by atoms with E-state index in [1.807, 2.05) is 6.92 Å². The van der Waals surface area contributed by atoms with Gasteiger partial charge in [-0.15, -0.1) is 11.3 Å². The molecule has 21 heavy (non-hydrogen) atoms. The number of rotatable bonds is 5. The van der Waals surface area contributed by atoms with Gasteiger partial charge < -0.3 is 10.5 Å². The lowest BCUT2D eigenvalue weighted by atomic mass is 10.3. The number of ether oxygens (including phenoxy) is 1. The molecule has 1 heterocycles. The zero-order valence-corrected chi connectivity index (χ0v) is 13.9. The first-order valence-corrected chi connectivity index (χ1v) is 8.71. The third-order valence-corrected chi connectivity index (χ3v) is 6.29. The van der Waals surface area contributed by atoms with Crippen LogP contribution in [0.25, 0.3) is 0 Å². The number of halogens is 1. The molecule has 1 aromatic heterocycles. The monoisotopic (exact) mass is 346 g/mol. The molecule has 0 amide bonds. The maximum Gasteiger partial charge on any atom is 0.271 e. The summed E-state index contributed by atoms with van der Waals surface area (Å²) in [6, 6.07) is 6.36. The van der Waals surface area contributed by atoms with Crippen LogP contribution >= 0.6 is 22.9 Å². The van der Waals surface area contributed by atoms with Crippen LogP contribution in [0.2, 0.25) is 5.02 Å². The van der Waals surface area contributed by atoms with E-state index in [4.69, 9.17) is 22.1 Å². The number of methoxy groups -OCH3 is 1. The molecule has 0 aliphatic heterocycles. The van der Waals surface area contributed by atoms with E-state index in [2.05, 4.69) is 4.72 Å². The van der Waals surface area contributed by atoms with Crippen LogP contribution in [-0.2, 0) is 16.6 Å². The van der Waals surface area contributed by atoms with Gasteiger partial charge in [-0.3, -0.25) is 4.72 Å². The van der Waals surface area contributed by atoms with Crippen LogP contribution in [0, 0.1) is 6.92 Å². The zero-order chi connectivity index (χ0) is 15.6. The van der Waals surface area contributed by atoms with Gasteiger partial charge in [0, 0.05) is 17.5 Å². The van der Waals surface area contributed by atoms with E-state index in [0.29, 0.717) is 17.3 Å².